The van der Waals surface area contributed by atoms with Crippen LogP contribution in [0.15, 0.2) is 41.3 Å². The van der Waals surface area contributed by atoms with Crippen LogP contribution in [-0.4, -0.2) is 24.4 Å². The van der Waals surface area contributed by atoms with E-state index in [1.165, 1.54) is 18.2 Å². The molecule has 1 amide bonds. The highest BCUT2D eigenvalue weighted by atomic mass is 32.2. The van der Waals surface area contributed by atoms with E-state index in [4.69, 9.17) is 0 Å². The number of non-ortho nitro benzene ring substituents is 1. The number of hydrogen-bond donors (Lipinski definition) is 3. The largest absolute Gasteiger partial charge is 0.506 e. The predicted molar refractivity (Wildman–Crippen MR) is 84.3 cm³/mol. The molecular formula is C14H11N3O6S. The maximum Gasteiger partial charge on any atom is 0.271 e. The Morgan fingerprint density at radius 3 is 2.67 bits per heavy atom. The van der Waals surface area contributed by atoms with Crippen LogP contribution < -0.4 is 10.0 Å². The lowest BCUT2D eigenvalue weighted by atomic mass is 10.2. The number of sulfonamides is 1. The van der Waals surface area contributed by atoms with Crippen molar-refractivity contribution in [2.45, 2.75) is 11.3 Å². The molecule has 0 unspecified atom stereocenters. The van der Waals surface area contributed by atoms with Crippen LogP contribution in [0.25, 0.3) is 0 Å². The number of carbonyl (C=O) groups excluding carboxylic acids is 1. The van der Waals surface area contributed by atoms with Crippen LogP contribution in [0.2, 0.25) is 0 Å². The highest BCUT2D eigenvalue weighted by Crippen LogP contribution is 2.31. The van der Waals surface area contributed by atoms with E-state index in [1.807, 2.05) is 0 Å². The SMILES string of the molecule is O=C1Cc2cc(S(=O)(=O)Nc3cc([N+](=O)[O-])ccc3O)ccc2N1. The van der Waals surface area contributed by atoms with Crippen LogP contribution in [0.1, 0.15) is 5.56 Å². The number of nitrogens with one attached hydrogen (secondary N) is 2. The van der Waals surface area contributed by atoms with Crippen molar-refractivity contribution in [3.63, 3.8) is 0 Å². The number of phenols is 1. The van der Waals surface area contributed by atoms with Crippen molar-refractivity contribution in [1.29, 1.82) is 0 Å². The molecule has 0 aliphatic carbocycles. The van der Waals surface area contributed by atoms with E-state index in [0.717, 1.165) is 18.2 Å². The summed E-state index contributed by atoms with van der Waals surface area (Å²) >= 11 is 0. The van der Waals surface area contributed by atoms with E-state index < -0.39 is 20.7 Å². The van der Waals surface area contributed by atoms with Crippen molar-refractivity contribution in [1.82, 2.24) is 0 Å². The number of nitro benzene ring substituents is 1. The molecule has 24 heavy (non-hydrogen) atoms. The lowest BCUT2D eigenvalue weighted by Gasteiger charge is -2.10. The van der Waals surface area contributed by atoms with E-state index >= 15 is 0 Å². The number of amides is 1. The van der Waals surface area contributed by atoms with Gasteiger partial charge in [-0.15, -0.1) is 0 Å². The summed E-state index contributed by atoms with van der Waals surface area (Å²) in [5.41, 5.74) is 0.399. The first-order chi connectivity index (χ1) is 11.3. The first-order valence-electron chi connectivity index (χ1n) is 6.69. The Bertz CT molecular complexity index is 970. The summed E-state index contributed by atoms with van der Waals surface area (Å²) in [6.45, 7) is 0. The molecule has 1 aliphatic heterocycles. The Morgan fingerprint density at radius 1 is 1.21 bits per heavy atom. The average Bonchev–Trinajstić information content (AvgIpc) is 2.88. The molecule has 10 heteroatoms. The monoisotopic (exact) mass is 349 g/mol. The van der Waals surface area contributed by atoms with Gasteiger partial charge in [0, 0.05) is 17.8 Å². The van der Waals surface area contributed by atoms with Gasteiger partial charge in [0.2, 0.25) is 5.91 Å². The van der Waals surface area contributed by atoms with E-state index in [0.29, 0.717) is 11.3 Å². The minimum atomic E-state index is -4.09. The predicted octanol–water partition coefficient (Wildman–Crippen LogP) is 1.60. The molecule has 0 atom stereocenters. The number of carbonyl (C=O) groups is 1. The molecule has 2 aromatic carbocycles. The van der Waals surface area contributed by atoms with Crippen LogP contribution >= 0.6 is 0 Å². The number of aromatic hydroxyl groups is 1. The third-order valence-electron chi connectivity index (χ3n) is 3.45. The number of anilines is 2. The van der Waals surface area contributed by atoms with Crippen molar-refractivity contribution < 1.29 is 23.2 Å². The zero-order valence-corrected chi connectivity index (χ0v) is 12.8. The third kappa shape index (κ3) is 2.86. The highest BCUT2D eigenvalue weighted by Gasteiger charge is 2.23. The van der Waals surface area contributed by atoms with E-state index in [9.17, 15) is 28.4 Å². The lowest BCUT2D eigenvalue weighted by molar-refractivity contribution is -0.384. The second-order valence-electron chi connectivity index (χ2n) is 5.11. The number of hydrogen-bond acceptors (Lipinski definition) is 6. The van der Waals surface area contributed by atoms with Crippen molar-refractivity contribution >= 4 is 33.0 Å². The molecule has 0 bridgehead atoms. The second-order valence-corrected chi connectivity index (χ2v) is 6.79. The molecule has 0 saturated carbocycles. The summed E-state index contributed by atoms with van der Waals surface area (Å²) in [5.74, 6) is -0.675. The minimum absolute atomic E-state index is 0.0702. The van der Waals surface area contributed by atoms with Gasteiger partial charge in [0.05, 0.1) is 21.9 Å². The number of nitro groups is 1. The first kappa shape index (κ1) is 15.7. The van der Waals surface area contributed by atoms with Crippen molar-refractivity contribution in [2.75, 3.05) is 10.0 Å². The van der Waals surface area contributed by atoms with Gasteiger partial charge in [-0.1, -0.05) is 0 Å². The standard InChI is InChI=1S/C14H11N3O6S/c18-13-4-1-9(17(20)21)7-12(13)16-24(22,23)10-2-3-11-8(5-10)6-14(19)15-11/h1-5,7,16,18H,6H2,(H,15,19). The smallest absolute Gasteiger partial charge is 0.271 e. The Labute approximate surface area is 136 Å². The van der Waals surface area contributed by atoms with Gasteiger partial charge < -0.3 is 10.4 Å². The summed E-state index contributed by atoms with van der Waals surface area (Å²) in [5, 5.41) is 23.1. The molecule has 3 rings (SSSR count). The van der Waals surface area contributed by atoms with Gasteiger partial charge in [0.1, 0.15) is 5.75 Å². The van der Waals surface area contributed by atoms with Gasteiger partial charge >= 0.3 is 0 Å². The molecule has 0 spiro atoms. The van der Waals surface area contributed by atoms with E-state index in [2.05, 4.69) is 10.0 Å². The van der Waals surface area contributed by atoms with Gasteiger partial charge in [-0.05, 0) is 29.8 Å². The number of nitrogens with zero attached hydrogens (tertiary/aromatic N) is 1. The highest BCUT2D eigenvalue weighted by molar-refractivity contribution is 7.92. The summed E-state index contributed by atoms with van der Waals surface area (Å²) in [4.78, 5) is 21.3. The molecule has 3 N–H and O–H groups in total. The van der Waals surface area contributed by atoms with E-state index in [-0.39, 0.29) is 28.6 Å². The molecule has 9 nitrogen and oxygen atoms in total. The quantitative estimate of drug-likeness (QED) is 0.435. The summed E-state index contributed by atoms with van der Waals surface area (Å²) in [6, 6.07) is 7.10. The number of phenolic OH excluding ortho intramolecular Hbond substituents is 1. The first-order valence-corrected chi connectivity index (χ1v) is 8.17. The van der Waals surface area contributed by atoms with Crippen LogP contribution in [0.5, 0.6) is 5.75 Å². The fraction of sp³-hybridized carbons (Fsp3) is 0.0714. The zero-order chi connectivity index (χ0) is 17.5. The number of rotatable bonds is 4. The zero-order valence-electron chi connectivity index (χ0n) is 12.0. The van der Waals surface area contributed by atoms with Gasteiger partial charge in [-0.25, -0.2) is 8.42 Å². The topological polar surface area (TPSA) is 139 Å². The van der Waals surface area contributed by atoms with Crippen LogP contribution in [0, 0.1) is 10.1 Å². The lowest BCUT2D eigenvalue weighted by Crippen LogP contribution is -2.13. The normalized spacial score (nSPS) is 13.2. The molecule has 0 fully saturated rings. The Kier molecular flexibility index (Phi) is 3.60. The van der Waals surface area contributed by atoms with Crippen LogP contribution in [0.3, 0.4) is 0 Å². The molecule has 2 aromatic rings. The summed E-state index contributed by atoms with van der Waals surface area (Å²) in [6.07, 6.45) is 0.0702. The van der Waals surface area contributed by atoms with Gasteiger partial charge in [0.25, 0.3) is 15.7 Å². The third-order valence-corrected chi connectivity index (χ3v) is 4.81. The van der Waals surface area contributed by atoms with Gasteiger partial charge in [-0.3, -0.25) is 19.6 Å². The molecular weight excluding hydrogens is 338 g/mol. The molecule has 0 saturated heterocycles. The van der Waals surface area contributed by atoms with Crippen LogP contribution in [0.4, 0.5) is 17.1 Å². The molecule has 1 heterocycles. The second kappa shape index (κ2) is 5.49. The fourth-order valence-electron chi connectivity index (χ4n) is 2.30. The van der Waals surface area contributed by atoms with Crippen molar-refractivity contribution in [3.8, 4) is 5.75 Å². The Hall–Kier alpha value is -3.14. The van der Waals surface area contributed by atoms with Gasteiger partial charge in [0.15, 0.2) is 0 Å². The van der Waals surface area contributed by atoms with Gasteiger partial charge in [-0.2, -0.15) is 0 Å². The number of fused-ring (bicyclic) bond motifs is 1. The summed E-state index contributed by atoms with van der Waals surface area (Å²) in [7, 11) is -4.09. The Morgan fingerprint density at radius 2 is 1.96 bits per heavy atom. The molecule has 0 aromatic heterocycles. The fourth-order valence-corrected chi connectivity index (χ4v) is 3.41. The molecule has 124 valence electrons. The van der Waals surface area contributed by atoms with Crippen LogP contribution in [-0.2, 0) is 21.2 Å². The van der Waals surface area contributed by atoms with E-state index in [1.54, 1.807) is 0 Å². The molecule has 0 radical (unpaired) electrons. The Balaban J connectivity index is 1.95. The minimum Gasteiger partial charge on any atom is -0.506 e. The average molecular weight is 349 g/mol. The van der Waals surface area contributed by atoms with Crippen molar-refractivity contribution in [2.24, 2.45) is 0 Å². The maximum atomic E-state index is 12.4. The van der Waals surface area contributed by atoms with Crippen molar-refractivity contribution in [3.05, 3.63) is 52.1 Å². The summed E-state index contributed by atoms with van der Waals surface area (Å²) < 4.78 is 27.0. The number of benzene rings is 2. The maximum absolute atomic E-state index is 12.4. The molecule has 1 aliphatic rings.